The van der Waals surface area contributed by atoms with Crippen LogP contribution in [0.2, 0.25) is 5.02 Å². The van der Waals surface area contributed by atoms with Gasteiger partial charge in [-0.3, -0.25) is 9.78 Å². The number of halogens is 3. The predicted molar refractivity (Wildman–Crippen MR) is 146 cm³/mol. The highest BCUT2D eigenvalue weighted by atomic mass is 79.9. The SMILES string of the molecule is O=c1[nH]c(-c2cccc(Cl)c2)c(-n2nnc3cc(Br)c(Br)cc32)c(=O)n1-c1cncc2ccccc12. The first-order chi connectivity index (χ1) is 17.4. The molecule has 6 rings (SSSR count). The number of benzene rings is 3. The molecule has 176 valence electrons. The van der Waals surface area contributed by atoms with Gasteiger partial charge in [0.25, 0.3) is 5.56 Å². The van der Waals surface area contributed by atoms with Crippen molar-refractivity contribution >= 4 is 65.3 Å². The van der Waals surface area contributed by atoms with Gasteiger partial charge in [0, 0.05) is 36.5 Å². The summed E-state index contributed by atoms with van der Waals surface area (Å²) in [5.41, 5.74) is 1.21. The van der Waals surface area contributed by atoms with E-state index in [1.54, 1.807) is 42.6 Å². The maximum Gasteiger partial charge on any atom is 0.333 e. The quantitative estimate of drug-likeness (QED) is 0.274. The normalized spacial score (nSPS) is 11.4. The molecule has 0 unspecified atom stereocenters. The Morgan fingerprint density at radius 1 is 0.917 bits per heavy atom. The Hall–Kier alpha value is -3.60. The molecular weight excluding hydrogens is 612 g/mol. The van der Waals surface area contributed by atoms with Crippen LogP contribution in [-0.2, 0) is 0 Å². The standard InChI is InChI=1S/C25H13Br2ClN6O2/c26-17-9-19-20(10-18(17)27)34(32-31-19)23-22(13-5-3-6-15(28)8-13)30-25(36)33(24(23)35)21-12-29-11-14-4-1-2-7-16(14)21/h1-12H,(H,30,36). The third kappa shape index (κ3) is 3.69. The fourth-order valence-corrected chi connectivity index (χ4v) is 5.01. The lowest BCUT2D eigenvalue weighted by atomic mass is 10.1. The van der Waals surface area contributed by atoms with E-state index in [1.165, 1.54) is 10.9 Å². The number of aromatic nitrogens is 6. The van der Waals surface area contributed by atoms with E-state index in [-0.39, 0.29) is 11.4 Å². The molecule has 6 aromatic rings. The maximum atomic E-state index is 14.2. The number of aromatic amines is 1. The van der Waals surface area contributed by atoms with Gasteiger partial charge in [-0.15, -0.1) is 5.10 Å². The van der Waals surface area contributed by atoms with Crippen molar-refractivity contribution in [3.8, 4) is 22.6 Å². The zero-order valence-corrected chi connectivity index (χ0v) is 22.0. The summed E-state index contributed by atoms with van der Waals surface area (Å²) >= 11 is 13.2. The highest BCUT2D eigenvalue weighted by Crippen LogP contribution is 2.31. The Morgan fingerprint density at radius 2 is 1.72 bits per heavy atom. The first-order valence-corrected chi connectivity index (χ1v) is 12.6. The summed E-state index contributed by atoms with van der Waals surface area (Å²) in [6.45, 7) is 0. The first kappa shape index (κ1) is 22.8. The van der Waals surface area contributed by atoms with E-state index in [2.05, 4.69) is 52.1 Å². The Bertz CT molecular complexity index is 1940. The molecule has 0 amide bonds. The first-order valence-electron chi connectivity index (χ1n) is 10.6. The van der Waals surface area contributed by atoms with Gasteiger partial charge in [-0.25, -0.2) is 14.0 Å². The third-order valence-electron chi connectivity index (χ3n) is 5.78. The predicted octanol–water partition coefficient (Wildman–Crippen LogP) is 5.65. The maximum absolute atomic E-state index is 14.2. The number of fused-ring (bicyclic) bond motifs is 2. The Kier molecular flexibility index (Phi) is 5.59. The van der Waals surface area contributed by atoms with Crippen LogP contribution in [0.5, 0.6) is 0 Å². The summed E-state index contributed by atoms with van der Waals surface area (Å²) in [6, 6.07) is 17.9. The van der Waals surface area contributed by atoms with Gasteiger partial charge >= 0.3 is 5.69 Å². The second-order valence-electron chi connectivity index (χ2n) is 7.94. The minimum Gasteiger partial charge on any atom is -0.304 e. The molecule has 8 nitrogen and oxygen atoms in total. The minimum atomic E-state index is -0.620. The zero-order chi connectivity index (χ0) is 25.0. The van der Waals surface area contributed by atoms with Gasteiger partial charge in [0.05, 0.1) is 23.1 Å². The summed E-state index contributed by atoms with van der Waals surface area (Å²) in [6.07, 6.45) is 3.18. The van der Waals surface area contributed by atoms with Crippen molar-refractivity contribution in [2.75, 3.05) is 0 Å². The van der Waals surface area contributed by atoms with Crippen LogP contribution in [0, 0.1) is 0 Å². The van der Waals surface area contributed by atoms with Crippen LogP contribution in [0.3, 0.4) is 0 Å². The molecule has 0 bridgehead atoms. The molecule has 3 aromatic heterocycles. The third-order valence-corrected chi connectivity index (χ3v) is 7.86. The summed E-state index contributed by atoms with van der Waals surface area (Å²) in [4.78, 5) is 34.7. The van der Waals surface area contributed by atoms with Gasteiger partial charge in [0.1, 0.15) is 5.52 Å². The topological polar surface area (TPSA) is 98.5 Å². The summed E-state index contributed by atoms with van der Waals surface area (Å²) in [5, 5.41) is 10.5. The lowest BCUT2D eigenvalue weighted by molar-refractivity contribution is 0.779. The van der Waals surface area contributed by atoms with E-state index in [0.29, 0.717) is 32.7 Å². The van der Waals surface area contributed by atoms with Crippen molar-refractivity contribution in [2.24, 2.45) is 0 Å². The van der Waals surface area contributed by atoms with Crippen LogP contribution < -0.4 is 11.2 Å². The fraction of sp³-hybridized carbons (Fsp3) is 0. The Morgan fingerprint density at radius 3 is 2.56 bits per heavy atom. The molecule has 0 saturated carbocycles. The molecule has 0 spiro atoms. The molecule has 1 N–H and O–H groups in total. The zero-order valence-electron chi connectivity index (χ0n) is 18.1. The second kappa shape index (κ2) is 8.81. The van der Waals surface area contributed by atoms with E-state index in [1.807, 2.05) is 24.3 Å². The van der Waals surface area contributed by atoms with Gasteiger partial charge in [-0.2, -0.15) is 0 Å². The fourth-order valence-electron chi connectivity index (χ4n) is 4.16. The lowest BCUT2D eigenvalue weighted by Gasteiger charge is -2.14. The minimum absolute atomic E-state index is 0.113. The highest BCUT2D eigenvalue weighted by molar-refractivity contribution is 9.13. The molecule has 36 heavy (non-hydrogen) atoms. The number of nitrogens with zero attached hydrogens (tertiary/aromatic N) is 5. The van der Waals surface area contributed by atoms with E-state index in [0.717, 1.165) is 18.9 Å². The number of pyridine rings is 1. The van der Waals surface area contributed by atoms with E-state index in [4.69, 9.17) is 11.6 Å². The number of rotatable bonds is 3. The van der Waals surface area contributed by atoms with Gasteiger partial charge in [-0.05, 0) is 56.1 Å². The average molecular weight is 625 g/mol. The number of hydrogen-bond donors (Lipinski definition) is 1. The van der Waals surface area contributed by atoms with Crippen molar-refractivity contribution in [1.29, 1.82) is 0 Å². The van der Waals surface area contributed by atoms with Crippen LogP contribution in [0.1, 0.15) is 0 Å². The van der Waals surface area contributed by atoms with Crippen molar-refractivity contribution in [3.63, 3.8) is 0 Å². The Balaban J connectivity index is 1.75. The number of H-pyrrole nitrogens is 1. The smallest absolute Gasteiger partial charge is 0.304 e. The molecule has 0 aliphatic heterocycles. The monoisotopic (exact) mass is 622 g/mol. The van der Waals surface area contributed by atoms with E-state index in [9.17, 15) is 9.59 Å². The van der Waals surface area contributed by atoms with Crippen molar-refractivity contribution in [2.45, 2.75) is 0 Å². The molecular formula is C25H13Br2ClN6O2. The van der Waals surface area contributed by atoms with Gasteiger partial charge < -0.3 is 4.98 Å². The van der Waals surface area contributed by atoms with E-state index < -0.39 is 11.2 Å². The summed E-state index contributed by atoms with van der Waals surface area (Å²) < 4.78 is 4.04. The molecule has 0 radical (unpaired) electrons. The molecule has 0 atom stereocenters. The Labute approximate surface area is 224 Å². The van der Waals surface area contributed by atoms with E-state index >= 15 is 0 Å². The molecule has 0 saturated heterocycles. The van der Waals surface area contributed by atoms with Crippen LogP contribution >= 0.6 is 43.5 Å². The van der Waals surface area contributed by atoms with Crippen molar-refractivity contribution < 1.29 is 0 Å². The molecule has 0 fully saturated rings. The summed E-state index contributed by atoms with van der Waals surface area (Å²) in [5.74, 6) is 0. The molecule has 0 aliphatic rings. The average Bonchev–Trinajstić information content (AvgIpc) is 3.26. The highest BCUT2D eigenvalue weighted by Gasteiger charge is 2.23. The molecule has 3 heterocycles. The molecule has 3 aromatic carbocycles. The van der Waals surface area contributed by atoms with Gasteiger partial charge in [0.2, 0.25) is 0 Å². The van der Waals surface area contributed by atoms with Crippen molar-refractivity contribution in [1.82, 2.24) is 29.5 Å². The van der Waals surface area contributed by atoms with Crippen molar-refractivity contribution in [3.05, 3.63) is 108 Å². The molecule has 0 aliphatic carbocycles. The number of hydrogen-bond acceptors (Lipinski definition) is 5. The second-order valence-corrected chi connectivity index (χ2v) is 10.1. The van der Waals surface area contributed by atoms with Gasteiger partial charge in [-0.1, -0.05) is 53.2 Å². The largest absolute Gasteiger partial charge is 0.333 e. The van der Waals surface area contributed by atoms with Crippen LogP contribution in [0.25, 0.3) is 44.4 Å². The van der Waals surface area contributed by atoms with Gasteiger partial charge in [0.15, 0.2) is 5.69 Å². The summed E-state index contributed by atoms with van der Waals surface area (Å²) in [7, 11) is 0. The van der Waals surface area contributed by atoms with Crippen LogP contribution in [0.15, 0.2) is 91.6 Å². The molecule has 11 heteroatoms. The van der Waals surface area contributed by atoms with Crippen LogP contribution in [-0.4, -0.2) is 29.5 Å². The van der Waals surface area contributed by atoms with Crippen LogP contribution in [0.4, 0.5) is 0 Å². The lowest BCUT2D eigenvalue weighted by Crippen LogP contribution is -2.37. The number of nitrogens with one attached hydrogen (secondary N) is 1.